The van der Waals surface area contributed by atoms with Gasteiger partial charge >= 0.3 is 6.03 Å². The maximum atomic E-state index is 15.1. The van der Waals surface area contributed by atoms with Crippen LogP contribution in [0.25, 0.3) is 0 Å². The monoisotopic (exact) mass is 615 g/mol. The molecule has 1 saturated heterocycles. The van der Waals surface area contributed by atoms with Gasteiger partial charge in [-0.25, -0.2) is 18.6 Å². The van der Waals surface area contributed by atoms with E-state index in [-0.39, 0.29) is 54.4 Å². The second-order valence-electron chi connectivity index (χ2n) is 11.0. The standard InChI is InChI=1S/C29H32ClF2N7O4/c1-36(2)27(41)18-11-21(31)20(22(32)12-18)14-38-9-10-39-23(29(38)15-43-16-29)24(30)35-25(39)26(40)33-13-17-5-7-19(8-6-17)34-28(42)37(3)4/h5-8,11-12H,9-10,13-16H2,1-4H3,(H,33,40)(H,34,42). The minimum Gasteiger partial charge on any atom is -0.377 e. The van der Waals surface area contributed by atoms with Gasteiger partial charge in [0, 0.05) is 71.2 Å². The van der Waals surface area contributed by atoms with E-state index < -0.39 is 29.0 Å². The number of carbonyl (C=O) groups is 3. The lowest BCUT2D eigenvalue weighted by molar-refractivity contribution is -0.163. The highest BCUT2D eigenvalue weighted by molar-refractivity contribution is 6.30. The molecule has 0 atom stereocenters. The minimum atomic E-state index is -0.829. The number of halogens is 3. The Morgan fingerprint density at radius 3 is 2.23 bits per heavy atom. The van der Waals surface area contributed by atoms with Gasteiger partial charge in [0.2, 0.25) is 5.82 Å². The Balaban J connectivity index is 1.32. The van der Waals surface area contributed by atoms with Crippen molar-refractivity contribution >= 4 is 35.1 Å². The number of amides is 4. The molecule has 1 fully saturated rings. The zero-order valence-electron chi connectivity index (χ0n) is 24.2. The quantitative estimate of drug-likeness (QED) is 0.422. The number of nitrogens with one attached hydrogen (secondary N) is 2. The van der Waals surface area contributed by atoms with Gasteiger partial charge in [-0.15, -0.1) is 0 Å². The number of anilines is 1. The second kappa shape index (κ2) is 11.9. The average molecular weight is 616 g/mol. The van der Waals surface area contributed by atoms with Crippen LogP contribution in [0, 0.1) is 11.6 Å². The Morgan fingerprint density at radius 2 is 1.67 bits per heavy atom. The lowest BCUT2D eigenvalue weighted by Crippen LogP contribution is -2.63. The number of urea groups is 1. The van der Waals surface area contributed by atoms with E-state index in [0.29, 0.717) is 24.5 Å². The summed E-state index contributed by atoms with van der Waals surface area (Å²) in [5.74, 6) is -2.44. The van der Waals surface area contributed by atoms with Crippen LogP contribution in [-0.4, -0.2) is 90.0 Å². The molecule has 2 aliphatic rings. The molecule has 4 amide bonds. The van der Waals surface area contributed by atoms with Gasteiger partial charge in [-0.1, -0.05) is 23.7 Å². The first-order valence-electron chi connectivity index (χ1n) is 13.6. The van der Waals surface area contributed by atoms with Crippen LogP contribution in [0.1, 0.15) is 37.8 Å². The Labute approximate surface area is 252 Å². The van der Waals surface area contributed by atoms with Crippen LogP contribution in [-0.2, 0) is 29.9 Å². The molecule has 5 rings (SSSR count). The number of nitrogens with zero attached hydrogens (tertiary/aromatic N) is 5. The molecule has 0 bridgehead atoms. The maximum absolute atomic E-state index is 15.1. The largest absolute Gasteiger partial charge is 0.377 e. The molecule has 0 radical (unpaired) electrons. The molecule has 14 heteroatoms. The zero-order valence-corrected chi connectivity index (χ0v) is 25.0. The third kappa shape index (κ3) is 5.79. The van der Waals surface area contributed by atoms with Gasteiger partial charge < -0.3 is 29.7 Å². The number of carbonyl (C=O) groups excluding carboxylic acids is 3. The zero-order chi connectivity index (χ0) is 31.1. The molecule has 3 heterocycles. The summed E-state index contributed by atoms with van der Waals surface area (Å²) in [7, 11) is 6.31. The molecule has 43 heavy (non-hydrogen) atoms. The summed E-state index contributed by atoms with van der Waals surface area (Å²) in [6.45, 7) is 1.19. The summed E-state index contributed by atoms with van der Waals surface area (Å²) in [6.07, 6.45) is 0. The van der Waals surface area contributed by atoms with Gasteiger partial charge in [0.15, 0.2) is 5.15 Å². The van der Waals surface area contributed by atoms with E-state index >= 15 is 8.78 Å². The van der Waals surface area contributed by atoms with Crippen molar-refractivity contribution in [2.45, 2.75) is 25.2 Å². The predicted octanol–water partition coefficient (Wildman–Crippen LogP) is 3.28. The lowest BCUT2D eigenvalue weighted by atomic mass is 9.88. The van der Waals surface area contributed by atoms with Gasteiger partial charge in [-0.3, -0.25) is 14.5 Å². The fourth-order valence-corrected chi connectivity index (χ4v) is 5.57. The molecule has 2 N–H and O–H groups in total. The Hall–Kier alpha value is -4.07. The molecular formula is C29H32ClF2N7O4. The van der Waals surface area contributed by atoms with Gasteiger partial charge in [0.1, 0.15) is 17.2 Å². The minimum absolute atomic E-state index is 0.0760. The third-order valence-electron chi connectivity index (χ3n) is 7.66. The van der Waals surface area contributed by atoms with E-state index in [9.17, 15) is 14.4 Å². The molecule has 1 aromatic heterocycles. The molecule has 228 valence electrons. The normalized spacial score (nSPS) is 15.4. The van der Waals surface area contributed by atoms with Crippen molar-refractivity contribution < 1.29 is 27.9 Å². The summed E-state index contributed by atoms with van der Waals surface area (Å²) in [6, 6.07) is 8.90. The van der Waals surface area contributed by atoms with Gasteiger partial charge in [-0.05, 0) is 29.8 Å². The van der Waals surface area contributed by atoms with E-state index in [2.05, 4.69) is 15.6 Å². The highest BCUT2D eigenvalue weighted by Crippen LogP contribution is 2.43. The van der Waals surface area contributed by atoms with E-state index in [1.807, 2.05) is 4.90 Å². The molecule has 3 aromatic rings. The van der Waals surface area contributed by atoms with Crippen LogP contribution in [0.2, 0.25) is 5.15 Å². The van der Waals surface area contributed by atoms with E-state index in [0.717, 1.165) is 17.7 Å². The smallest absolute Gasteiger partial charge is 0.321 e. The van der Waals surface area contributed by atoms with Crippen molar-refractivity contribution in [2.75, 3.05) is 53.3 Å². The molecule has 2 aliphatic heterocycles. The Kier molecular flexibility index (Phi) is 8.41. The summed E-state index contributed by atoms with van der Waals surface area (Å²) < 4.78 is 37.5. The van der Waals surface area contributed by atoms with Crippen LogP contribution in [0.3, 0.4) is 0 Å². The summed E-state index contributed by atoms with van der Waals surface area (Å²) in [4.78, 5) is 46.2. The number of ether oxygens (including phenoxy) is 1. The van der Waals surface area contributed by atoms with Gasteiger partial charge in [0.05, 0.1) is 18.9 Å². The summed E-state index contributed by atoms with van der Waals surface area (Å²) in [5.41, 5.74) is 0.912. The molecule has 0 aliphatic carbocycles. The van der Waals surface area contributed by atoms with Crippen molar-refractivity contribution in [3.8, 4) is 0 Å². The Bertz CT molecular complexity index is 1550. The van der Waals surface area contributed by atoms with Crippen molar-refractivity contribution in [3.05, 3.63) is 81.4 Å². The lowest BCUT2D eigenvalue weighted by Gasteiger charge is -2.52. The molecule has 1 spiro atoms. The number of hydrogen-bond donors (Lipinski definition) is 2. The fraction of sp³-hybridized carbons (Fsp3) is 0.379. The van der Waals surface area contributed by atoms with E-state index in [4.69, 9.17) is 16.3 Å². The van der Waals surface area contributed by atoms with Crippen molar-refractivity contribution in [3.63, 3.8) is 0 Å². The van der Waals surface area contributed by atoms with E-state index in [1.165, 1.54) is 23.9 Å². The number of rotatable bonds is 7. The number of imidazole rings is 1. The van der Waals surface area contributed by atoms with Crippen LogP contribution < -0.4 is 10.6 Å². The van der Waals surface area contributed by atoms with Crippen LogP contribution >= 0.6 is 11.6 Å². The van der Waals surface area contributed by atoms with Crippen LogP contribution in [0.15, 0.2) is 36.4 Å². The molecule has 0 unspecified atom stereocenters. The molecule has 11 nitrogen and oxygen atoms in total. The molecule has 2 aromatic carbocycles. The van der Waals surface area contributed by atoms with Crippen molar-refractivity contribution in [1.29, 1.82) is 0 Å². The summed E-state index contributed by atoms with van der Waals surface area (Å²) >= 11 is 6.60. The van der Waals surface area contributed by atoms with Crippen LogP contribution in [0.4, 0.5) is 19.3 Å². The fourth-order valence-electron chi connectivity index (χ4n) is 5.22. The number of hydrogen-bond acceptors (Lipinski definition) is 6. The first-order chi connectivity index (χ1) is 20.4. The predicted molar refractivity (Wildman–Crippen MR) is 155 cm³/mol. The summed E-state index contributed by atoms with van der Waals surface area (Å²) in [5, 5.41) is 5.73. The number of benzene rings is 2. The number of fused-ring (bicyclic) bond motifs is 2. The number of aromatic nitrogens is 2. The van der Waals surface area contributed by atoms with Gasteiger partial charge in [-0.2, -0.15) is 0 Å². The van der Waals surface area contributed by atoms with Gasteiger partial charge in [0.25, 0.3) is 11.8 Å². The van der Waals surface area contributed by atoms with Crippen molar-refractivity contribution in [2.24, 2.45) is 0 Å². The maximum Gasteiger partial charge on any atom is 0.321 e. The second-order valence-corrected chi connectivity index (χ2v) is 11.4. The topological polar surface area (TPSA) is 112 Å². The van der Waals surface area contributed by atoms with E-state index in [1.54, 1.807) is 42.9 Å². The average Bonchev–Trinajstić information content (AvgIpc) is 3.29. The van der Waals surface area contributed by atoms with Crippen LogP contribution in [0.5, 0.6) is 0 Å². The third-order valence-corrected chi connectivity index (χ3v) is 7.92. The highest BCUT2D eigenvalue weighted by Gasteiger charge is 2.52. The SMILES string of the molecule is CN(C)C(=O)Nc1ccc(CNC(=O)c2nc(Cl)c3n2CCN(Cc2c(F)cc(C(=O)N(C)C)cc2F)C32COC2)cc1. The first kappa shape index (κ1) is 30.4. The van der Waals surface area contributed by atoms with Crippen molar-refractivity contribution in [1.82, 2.24) is 29.6 Å². The molecular weight excluding hydrogens is 584 g/mol. The Morgan fingerprint density at radius 1 is 1.02 bits per heavy atom. The first-order valence-corrected chi connectivity index (χ1v) is 13.9. The highest BCUT2D eigenvalue weighted by atomic mass is 35.5. The molecule has 0 saturated carbocycles.